The maximum absolute atomic E-state index is 5.29. The van der Waals surface area contributed by atoms with Gasteiger partial charge < -0.3 is 19.5 Å². The molecule has 1 atom stereocenters. The minimum atomic E-state index is 0.441. The molecular weight excluding hydrogens is 218 g/mol. The largest absolute Gasteiger partial charge is 0.497 e. The van der Waals surface area contributed by atoms with E-state index in [1.807, 2.05) is 18.2 Å². The molecule has 17 heavy (non-hydrogen) atoms. The molecule has 0 bridgehead atoms. The number of methoxy groups -OCH3 is 3. The highest BCUT2D eigenvalue weighted by atomic mass is 16.5. The Morgan fingerprint density at radius 2 is 1.94 bits per heavy atom. The molecule has 0 saturated heterocycles. The van der Waals surface area contributed by atoms with Gasteiger partial charge in [-0.25, -0.2) is 0 Å². The number of nitrogens with one attached hydrogen (secondary N) is 1. The molecule has 1 rings (SSSR count). The fraction of sp³-hybridized carbons (Fsp3) is 0.538. The number of benzene rings is 1. The maximum Gasteiger partial charge on any atom is 0.142 e. The third-order valence-electron chi connectivity index (χ3n) is 2.50. The van der Waals surface area contributed by atoms with E-state index in [9.17, 15) is 0 Å². The highest BCUT2D eigenvalue weighted by Gasteiger charge is 2.06. The molecule has 1 aromatic carbocycles. The summed E-state index contributed by atoms with van der Waals surface area (Å²) in [6.45, 7) is 3.69. The van der Waals surface area contributed by atoms with Crippen LogP contribution in [0.15, 0.2) is 18.2 Å². The standard InChI is InChI=1S/C13H21NO3/c1-10(9-15-2)8-14-12-7-11(16-3)5-6-13(12)17-4/h5-7,10,14H,8-9H2,1-4H3. The lowest BCUT2D eigenvalue weighted by Gasteiger charge is -2.15. The third kappa shape index (κ3) is 4.15. The van der Waals surface area contributed by atoms with Crippen LogP contribution in [0.5, 0.6) is 11.5 Å². The first kappa shape index (κ1) is 13.6. The van der Waals surface area contributed by atoms with Gasteiger partial charge in [-0.15, -0.1) is 0 Å². The Morgan fingerprint density at radius 1 is 1.18 bits per heavy atom. The van der Waals surface area contributed by atoms with E-state index in [0.29, 0.717) is 5.92 Å². The number of hydrogen-bond acceptors (Lipinski definition) is 4. The quantitative estimate of drug-likeness (QED) is 0.793. The minimum Gasteiger partial charge on any atom is -0.497 e. The second-order valence-electron chi connectivity index (χ2n) is 4.01. The van der Waals surface area contributed by atoms with E-state index in [0.717, 1.165) is 30.3 Å². The van der Waals surface area contributed by atoms with Crippen LogP contribution in [0.4, 0.5) is 5.69 Å². The van der Waals surface area contributed by atoms with Crippen molar-refractivity contribution < 1.29 is 14.2 Å². The van der Waals surface area contributed by atoms with Crippen LogP contribution >= 0.6 is 0 Å². The molecular formula is C13H21NO3. The van der Waals surface area contributed by atoms with Gasteiger partial charge in [-0.2, -0.15) is 0 Å². The average Bonchev–Trinajstić information content (AvgIpc) is 2.36. The summed E-state index contributed by atoms with van der Waals surface area (Å²) < 4.78 is 15.6. The molecule has 1 aromatic rings. The summed E-state index contributed by atoms with van der Waals surface area (Å²) in [5.74, 6) is 2.07. The lowest BCUT2D eigenvalue weighted by molar-refractivity contribution is 0.164. The van der Waals surface area contributed by atoms with Gasteiger partial charge in [0.1, 0.15) is 11.5 Å². The Hall–Kier alpha value is -1.42. The van der Waals surface area contributed by atoms with Crippen molar-refractivity contribution in [2.75, 3.05) is 39.8 Å². The highest BCUT2D eigenvalue weighted by Crippen LogP contribution is 2.28. The first-order valence-corrected chi connectivity index (χ1v) is 5.66. The normalized spacial score (nSPS) is 12.0. The molecule has 0 heterocycles. The van der Waals surface area contributed by atoms with Crippen molar-refractivity contribution in [1.29, 1.82) is 0 Å². The maximum atomic E-state index is 5.29. The van der Waals surface area contributed by atoms with Crippen LogP contribution in [0, 0.1) is 5.92 Å². The summed E-state index contributed by atoms with van der Waals surface area (Å²) in [6, 6.07) is 5.70. The highest BCUT2D eigenvalue weighted by molar-refractivity contribution is 5.59. The zero-order valence-electron chi connectivity index (χ0n) is 10.9. The first-order valence-electron chi connectivity index (χ1n) is 5.66. The van der Waals surface area contributed by atoms with Crippen LogP contribution in [0.1, 0.15) is 6.92 Å². The SMILES string of the molecule is COCC(C)CNc1cc(OC)ccc1OC. The van der Waals surface area contributed by atoms with Crippen LogP contribution in [-0.2, 0) is 4.74 Å². The predicted molar refractivity (Wildman–Crippen MR) is 69.1 cm³/mol. The van der Waals surface area contributed by atoms with Crippen LogP contribution in [0.25, 0.3) is 0 Å². The van der Waals surface area contributed by atoms with E-state index < -0.39 is 0 Å². The Bertz CT molecular complexity index is 341. The third-order valence-corrected chi connectivity index (χ3v) is 2.50. The van der Waals surface area contributed by atoms with E-state index >= 15 is 0 Å². The second kappa shape index (κ2) is 7.01. The van der Waals surface area contributed by atoms with E-state index in [1.54, 1.807) is 21.3 Å². The van der Waals surface area contributed by atoms with Gasteiger partial charge in [0.15, 0.2) is 0 Å². The van der Waals surface area contributed by atoms with E-state index in [1.165, 1.54) is 0 Å². The van der Waals surface area contributed by atoms with Gasteiger partial charge in [-0.05, 0) is 18.1 Å². The second-order valence-corrected chi connectivity index (χ2v) is 4.01. The molecule has 0 spiro atoms. The zero-order chi connectivity index (χ0) is 12.7. The topological polar surface area (TPSA) is 39.7 Å². The number of rotatable bonds is 7. The van der Waals surface area contributed by atoms with Gasteiger partial charge in [-0.1, -0.05) is 6.92 Å². The molecule has 0 aliphatic rings. The van der Waals surface area contributed by atoms with E-state index in [4.69, 9.17) is 14.2 Å². The van der Waals surface area contributed by atoms with Gasteiger partial charge in [0, 0.05) is 19.7 Å². The Balaban J connectivity index is 2.67. The molecule has 0 radical (unpaired) electrons. The van der Waals surface area contributed by atoms with E-state index in [-0.39, 0.29) is 0 Å². The van der Waals surface area contributed by atoms with Crippen molar-refractivity contribution in [3.8, 4) is 11.5 Å². The number of ether oxygens (including phenoxy) is 3. The van der Waals surface area contributed by atoms with Crippen LogP contribution in [0.3, 0.4) is 0 Å². The molecule has 0 fully saturated rings. The van der Waals surface area contributed by atoms with Gasteiger partial charge in [-0.3, -0.25) is 0 Å². The predicted octanol–water partition coefficient (Wildman–Crippen LogP) is 2.40. The monoisotopic (exact) mass is 239 g/mol. The van der Waals surface area contributed by atoms with Crippen LogP contribution in [0.2, 0.25) is 0 Å². The molecule has 0 aliphatic heterocycles. The van der Waals surface area contributed by atoms with Crippen molar-refractivity contribution in [2.45, 2.75) is 6.92 Å². The molecule has 1 N–H and O–H groups in total. The molecule has 0 aromatic heterocycles. The summed E-state index contributed by atoms with van der Waals surface area (Å²) in [4.78, 5) is 0. The van der Waals surface area contributed by atoms with Gasteiger partial charge >= 0.3 is 0 Å². The lowest BCUT2D eigenvalue weighted by Crippen LogP contribution is -2.16. The Morgan fingerprint density at radius 3 is 2.53 bits per heavy atom. The zero-order valence-corrected chi connectivity index (χ0v) is 10.9. The lowest BCUT2D eigenvalue weighted by atomic mass is 10.2. The van der Waals surface area contributed by atoms with E-state index in [2.05, 4.69) is 12.2 Å². The first-order chi connectivity index (χ1) is 8.21. The van der Waals surface area contributed by atoms with Gasteiger partial charge in [0.2, 0.25) is 0 Å². The smallest absolute Gasteiger partial charge is 0.142 e. The molecule has 4 nitrogen and oxygen atoms in total. The average molecular weight is 239 g/mol. The van der Waals surface area contributed by atoms with Crippen LogP contribution in [-0.4, -0.2) is 34.5 Å². The molecule has 0 amide bonds. The van der Waals surface area contributed by atoms with Crippen molar-refractivity contribution in [3.05, 3.63) is 18.2 Å². The minimum absolute atomic E-state index is 0.441. The Kier molecular flexibility index (Phi) is 5.63. The molecule has 4 heteroatoms. The fourth-order valence-electron chi connectivity index (χ4n) is 1.58. The summed E-state index contributed by atoms with van der Waals surface area (Å²) in [6.07, 6.45) is 0. The van der Waals surface area contributed by atoms with Crippen molar-refractivity contribution >= 4 is 5.69 Å². The fourth-order valence-corrected chi connectivity index (χ4v) is 1.58. The van der Waals surface area contributed by atoms with Crippen molar-refractivity contribution in [2.24, 2.45) is 5.92 Å². The van der Waals surface area contributed by atoms with Crippen LogP contribution < -0.4 is 14.8 Å². The molecule has 1 unspecified atom stereocenters. The summed E-state index contributed by atoms with van der Waals surface area (Å²) in [5.41, 5.74) is 0.940. The Labute approximate surface area is 103 Å². The van der Waals surface area contributed by atoms with Crippen molar-refractivity contribution in [3.63, 3.8) is 0 Å². The number of hydrogen-bond donors (Lipinski definition) is 1. The van der Waals surface area contributed by atoms with Crippen molar-refractivity contribution in [1.82, 2.24) is 0 Å². The van der Waals surface area contributed by atoms with Gasteiger partial charge in [0.05, 0.1) is 26.5 Å². The molecule has 96 valence electrons. The molecule has 0 aliphatic carbocycles. The summed E-state index contributed by atoms with van der Waals surface area (Å²) >= 11 is 0. The van der Waals surface area contributed by atoms with Gasteiger partial charge in [0.25, 0.3) is 0 Å². The number of anilines is 1. The summed E-state index contributed by atoms with van der Waals surface area (Å²) in [7, 11) is 5.02. The molecule has 0 saturated carbocycles. The summed E-state index contributed by atoms with van der Waals surface area (Å²) in [5, 5.41) is 3.34.